The van der Waals surface area contributed by atoms with Crippen molar-refractivity contribution < 1.29 is 0 Å². The van der Waals surface area contributed by atoms with E-state index in [1.54, 1.807) is 13.2 Å². The Hall–Kier alpha value is -1.36. The highest BCUT2D eigenvalue weighted by Gasteiger charge is 2.06. The standard InChI is InChI=1S/C10H11N3OS/c1-6-8-5-11-9(15-3)4-7(8)10(14)13(2)12-6/h4-5H,1-3H3. The van der Waals surface area contributed by atoms with E-state index in [1.807, 2.05) is 19.2 Å². The van der Waals surface area contributed by atoms with E-state index in [4.69, 9.17) is 0 Å². The molecule has 78 valence electrons. The van der Waals surface area contributed by atoms with Crippen LogP contribution in [0.5, 0.6) is 0 Å². The summed E-state index contributed by atoms with van der Waals surface area (Å²) in [7, 11) is 1.66. The third-order valence-corrected chi connectivity index (χ3v) is 2.94. The van der Waals surface area contributed by atoms with Crippen molar-refractivity contribution in [1.29, 1.82) is 0 Å². The Morgan fingerprint density at radius 1 is 1.40 bits per heavy atom. The molecular formula is C10H11N3OS. The maximum absolute atomic E-state index is 11.8. The second-order valence-electron chi connectivity index (χ2n) is 3.29. The van der Waals surface area contributed by atoms with E-state index in [9.17, 15) is 4.79 Å². The first-order chi connectivity index (χ1) is 7.13. The minimum absolute atomic E-state index is 0.0756. The molecule has 15 heavy (non-hydrogen) atoms. The van der Waals surface area contributed by atoms with E-state index >= 15 is 0 Å². The first-order valence-corrected chi connectivity index (χ1v) is 5.73. The van der Waals surface area contributed by atoms with Crippen LogP contribution in [0.15, 0.2) is 22.1 Å². The number of hydrogen-bond acceptors (Lipinski definition) is 4. The Morgan fingerprint density at radius 3 is 2.80 bits per heavy atom. The Labute approximate surface area is 91.3 Å². The van der Waals surface area contributed by atoms with Crippen LogP contribution < -0.4 is 5.56 Å². The molecule has 4 nitrogen and oxygen atoms in total. The second-order valence-corrected chi connectivity index (χ2v) is 4.11. The van der Waals surface area contributed by atoms with Gasteiger partial charge in [0.05, 0.1) is 16.1 Å². The van der Waals surface area contributed by atoms with Crippen molar-refractivity contribution in [2.24, 2.45) is 7.05 Å². The number of nitrogens with zero attached hydrogens (tertiary/aromatic N) is 3. The Balaban J connectivity index is 2.91. The smallest absolute Gasteiger partial charge is 0.267 e. The molecule has 0 saturated carbocycles. The van der Waals surface area contributed by atoms with Crippen LogP contribution >= 0.6 is 11.8 Å². The molecule has 0 bridgehead atoms. The number of aromatic nitrogens is 3. The zero-order chi connectivity index (χ0) is 11.0. The second kappa shape index (κ2) is 3.66. The third-order valence-electron chi connectivity index (χ3n) is 2.30. The van der Waals surface area contributed by atoms with Crippen LogP contribution in [0.1, 0.15) is 5.69 Å². The average Bonchev–Trinajstić information content (AvgIpc) is 2.25. The summed E-state index contributed by atoms with van der Waals surface area (Å²) in [6, 6.07) is 1.82. The van der Waals surface area contributed by atoms with Gasteiger partial charge in [-0.2, -0.15) is 5.10 Å². The van der Waals surface area contributed by atoms with Gasteiger partial charge in [0, 0.05) is 18.6 Å². The van der Waals surface area contributed by atoms with Gasteiger partial charge in [-0.15, -0.1) is 11.8 Å². The van der Waals surface area contributed by atoms with E-state index in [0.29, 0.717) is 5.39 Å². The summed E-state index contributed by atoms with van der Waals surface area (Å²) in [5.74, 6) is 0. The molecule has 0 saturated heterocycles. The van der Waals surface area contributed by atoms with Crippen molar-refractivity contribution in [2.75, 3.05) is 6.26 Å². The molecule has 2 aromatic rings. The van der Waals surface area contributed by atoms with E-state index in [0.717, 1.165) is 16.1 Å². The van der Waals surface area contributed by atoms with E-state index in [2.05, 4.69) is 10.1 Å². The van der Waals surface area contributed by atoms with Gasteiger partial charge in [-0.3, -0.25) is 4.79 Å². The van der Waals surface area contributed by atoms with Crippen LogP contribution in [0, 0.1) is 6.92 Å². The van der Waals surface area contributed by atoms with Crippen molar-refractivity contribution in [1.82, 2.24) is 14.8 Å². The van der Waals surface area contributed by atoms with Gasteiger partial charge in [-0.25, -0.2) is 9.67 Å². The fourth-order valence-corrected chi connectivity index (χ4v) is 1.91. The molecule has 0 radical (unpaired) electrons. The SMILES string of the molecule is CSc1cc2c(=O)n(C)nc(C)c2cn1. The number of fused-ring (bicyclic) bond motifs is 1. The summed E-state index contributed by atoms with van der Waals surface area (Å²) in [5, 5.41) is 6.48. The molecule has 0 atom stereocenters. The normalized spacial score (nSPS) is 10.9. The van der Waals surface area contributed by atoms with E-state index in [-0.39, 0.29) is 5.56 Å². The summed E-state index contributed by atoms with van der Waals surface area (Å²) >= 11 is 1.52. The quantitative estimate of drug-likeness (QED) is 0.682. The summed E-state index contributed by atoms with van der Waals surface area (Å²) in [6.45, 7) is 1.88. The molecule has 0 aromatic carbocycles. The predicted molar refractivity (Wildman–Crippen MR) is 61.3 cm³/mol. The first-order valence-electron chi connectivity index (χ1n) is 4.51. The lowest BCUT2D eigenvalue weighted by atomic mass is 10.2. The molecular weight excluding hydrogens is 210 g/mol. The van der Waals surface area contributed by atoms with Gasteiger partial charge in [0.15, 0.2) is 0 Å². The maximum Gasteiger partial charge on any atom is 0.274 e. The Kier molecular flexibility index (Phi) is 2.48. The first kappa shape index (κ1) is 10.2. The summed E-state index contributed by atoms with van der Waals surface area (Å²) in [4.78, 5) is 16.0. The van der Waals surface area contributed by atoms with Crippen LogP contribution in [0.2, 0.25) is 0 Å². The highest BCUT2D eigenvalue weighted by molar-refractivity contribution is 7.98. The summed E-state index contributed by atoms with van der Waals surface area (Å²) < 4.78 is 1.36. The summed E-state index contributed by atoms with van der Waals surface area (Å²) in [6.07, 6.45) is 3.65. The van der Waals surface area contributed by atoms with Crippen molar-refractivity contribution in [2.45, 2.75) is 11.9 Å². The van der Waals surface area contributed by atoms with E-state index < -0.39 is 0 Å². The van der Waals surface area contributed by atoms with Crippen molar-refractivity contribution in [3.8, 4) is 0 Å². The average molecular weight is 221 g/mol. The predicted octanol–water partition coefficient (Wildman–Crippen LogP) is 1.36. The largest absolute Gasteiger partial charge is 0.274 e. The topological polar surface area (TPSA) is 47.8 Å². The molecule has 0 unspecified atom stereocenters. The molecule has 5 heteroatoms. The molecule has 0 amide bonds. The van der Waals surface area contributed by atoms with Crippen LogP contribution in [0.4, 0.5) is 0 Å². The lowest BCUT2D eigenvalue weighted by Gasteiger charge is -2.04. The number of pyridine rings is 1. The Bertz CT molecular complexity index is 577. The van der Waals surface area contributed by atoms with Gasteiger partial charge in [-0.1, -0.05) is 0 Å². The van der Waals surface area contributed by atoms with Crippen LogP contribution in [0.25, 0.3) is 10.8 Å². The molecule has 0 aliphatic heterocycles. The van der Waals surface area contributed by atoms with Crippen molar-refractivity contribution in [3.63, 3.8) is 0 Å². The molecule has 0 aliphatic rings. The molecule has 2 rings (SSSR count). The minimum atomic E-state index is -0.0756. The van der Waals surface area contributed by atoms with Gasteiger partial charge in [0.1, 0.15) is 0 Å². The minimum Gasteiger partial charge on any atom is -0.267 e. The third kappa shape index (κ3) is 1.63. The highest BCUT2D eigenvalue weighted by Crippen LogP contribution is 2.17. The zero-order valence-corrected chi connectivity index (χ0v) is 9.63. The van der Waals surface area contributed by atoms with Gasteiger partial charge in [0.2, 0.25) is 0 Å². The monoisotopic (exact) mass is 221 g/mol. The van der Waals surface area contributed by atoms with Gasteiger partial charge >= 0.3 is 0 Å². The van der Waals surface area contributed by atoms with Crippen LogP contribution in [0.3, 0.4) is 0 Å². The maximum atomic E-state index is 11.8. The molecule has 2 heterocycles. The number of thioether (sulfide) groups is 1. The lowest BCUT2D eigenvalue weighted by molar-refractivity contribution is 0.704. The van der Waals surface area contributed by atoms with Crippen LogP contribution in [-0.2, 0) is 7.05 Å². The molecule has 0 N–H and O–H groups in total. The molecule has 0 fully saturated rings. The molecule has 2 aromatic heterocycles. The molecule has 0 spiro atoms. The fraction of sp³-hybridized carbons (Fsp3) is 0.300. The summed E-state index contributed by atoms with van der Waals surface area (Å²) in [5.41, 5.74) is 0.751. The van der Waals surface area contributed by atoms with Crippen molar-refractivity contribution >= 4 is 22.5 Å². The number of hydrogen-bond donors (Lipinski definition) is 0. The Morgan fingerprint density at radius 2 is 2.13 bits per heavy atom. The lowest BCUT2D eigenvalue weighted by Crippen LogP contribution is -2.20. The van der Waals surface area contributed by atoms with Gasteiger partial charge < -0.3 is 0 Å². The fourth-order valence-electron chi connectivity index (χ4n) is 1.51. The number of aryl methyl sites for hydroxylation is 2. The highest BCUT2D eigenvalue weighted by atomic mass is 32.2. The van der Waals surface area contributed by atoms with Gasteiger partial charge in [-0.05, 0) is 19.2 Å². The number of rotatable bonds is 1. The van der Waals surface area contributed by atoms with Crippen molar-refractivity contribution in [3.05, 3.63) is 28.3 Å². The van der Waals surface area contributed by atoms with Crippen LogP contribution in [-0.4, -0.2) is 21.0 Å². The zero-order valence-electron chi connectivity index (χ0n) is 8.81. The van der Waals surface area contributed by atoms with E-state index in [1.165, 1.54) is 16.4 Å². The molecule has 0 aliphatic carbocycles. The van der Waals surface area contributed by atoms with Gasteiger partial charge in [0.25, 0.3) is 5.56 Å².